The van der Waals surface area contributed by atoms with E-state index in [1.54, 1.807) is 6.26 Å². The van der Waals surface area contributed by atoms with Crippen molar-refractivity contribution in [2.75, 3.05) is 6.54 Å². The minimum Gasteiger partial charge on any atom is -0.457 e. The molecular formula is C13H17Br2N3O. The second-order valence-corrected chi connectivity index (χ2v) is 5.95. The Morgan fingerprint density at radius 2 is 2.21 bits per heavy atom. The van der Waals surface area contributed by atoms with Crippen LogP contribution in [0, 0.1) is 6.92 Å². The molecule has 0 amide bonds. The average Bonchev–Trinajstić information content (AvgIpc) is 2.88. The number of hydrogen-bond donors (Lipinski definition) is 1. The molecule has 0 saturated heterocycles. The molecule has 0 spiro atoms. The quantitative estimate of drug-likeness (QED) is 0.845. The van der Waals surface area contributed by atoms with Gasteiger partial charge in [0.05, 0.1) is 22.1 Å². The molecule has 19 heavy (non-hydrogen) atoms. The van der Waals surface area contributed by atoms with Gasteiger partial charge in [-0.25, -0.2) is 0 Å². The lowest BCUT2D eigenvalue weighted by Crippen LogP contribution is -2.24. The van der Waals surface area contributed by atoms with Crippen LogP contribution < -0.4 is 5.32 Å². The van der Waals surface area contributed by atoms with Gasteiger partial charge in [-0.1, -0.05) is 6.92 Å². The van der Waals surface area contributed by atoms with Gasteiger partial charge < -0.3 is 9.73 Å². The Labute approximate surface area is 129 Å². The maximum absolute atomic E-state index is 5.34. The van der Waals surface area contributed by atoms with Crippen molar-refractivity contribution in [1.82, 2.24) is 15.1 Å². The molecule has 0 saturated carbocycles. The van der Waals surface area contributed by atoms with E-state index in [1.165, 1.54) is 5.69 Å². The van der Waals surface area contributed by atoms with Gasteiger partial charge in [-0.05, 0) is 51.4 Å². The largest absolute Gasteiger partial charge is 0.457 e. The van der Waals surface area contributed by atoms with Crippen LogP contribution in [0.25, 0.3) is 0 Å². The minimum atomic E-state index is 0.198. The summed E-state index contributed by atoms with van der Waals surface area (Å²) in [6, 6.07) is 2.19. The van der Waals surface area contributed by atoms with Crippen molar-refractivity contribution in [2.45, 2.75) is 26.3 Å². The smallest absolute Gasteiger partial charge is 0.173 e. The van der Waals surface area contributed by atoms with Gasteiger partial charge in [0.2, 0.25) is 0 Å². The van der Waals surface area contributed by atoms with E-state index in [-0.39, 0.29) is 6.04 Å². The van der Waals surface area contributed by atoms with Crippen LogP contribution in [-0.4, -0.2) is 16.3 Å². The monoisotopic (exact) mass is 389 g/mol. The number of furan rings is 1. The molecular weight excluding hydrogens is 374 g/mol. The average molecular weight is 391 g/mol. The molecule has 1 unspecified atom stereocenters. The van der Waals surface area contributed by atoms with Crippen LogP contribution in [-0.2, 0) is 13.5 Å². The molecule has 0 aliphatic rings. The molecule has 1 atom stereocenters. The van der Waals surface area contributed by atoms with Crippen LogP contribution in [0.2, 0.25) is 0 Å². The number of halogens is 2. The van der Waals surface area contributed by atoms with Crippen molar-refractivity contribution < 1.29 is 4.42 Å². The van der Waals surface area contributed by atoms with Crippen LogP contribution in [0.1, 0.15) is 29.9 Å². The number of rotatable bonds is 5. The molecule has 2 aromatic rings. The number of likely N-dealkylation sites (N-methyl/N-ethyl adjacent to an activating group) is 1. The topological polar surface area (TPSA) is 43.0 Å². The minimum absolute atomic E-state index is 0.198. The van der Waals surface area contributed by atoms with Crippen molar-refractivity contribution in [3.8, 4) is 0 Å². The first-order chi connectivity index (χ1) is 9.04. The number of aromatic nitrogens is 2. The zero-order valence-corrected chi connectivity index (χ0v) is 14.4. The van der Waals surface area contributed by atoms with E-state index in [9.17, 15) is 0 Å². The van der Waals surface area contributed by atoms with Gasteiger partial charge in [0.15, 0.2) is 4.67 Å². The van der Waals surface area contributed by atoms with E-state index in [0.717, 1.165) is 33.4 Å². The third kappa shape index (κ3) is 3.12. The first kappa shape index (κ1) is 14.8. The Bertz CT molecular complexity index is 562. The van der Waals surface area contributed by atoms with E-state index in [1.807, 2.05) is 24.7 Å². The van der Waals surface area contributed by atoms with Crippen LogP contribution in [0.3, 0.4) is 0 Å². The summed E-state index contributed by atoms with van der Waals surface area (Å²) in [5.41, 5.74) is 3.32. The van der Waals surface area contributed by atoms with Gasteiger partial charge in [-0.2, -0.15) is 5.10 Å². The van der Waals surface area contributed by atoms with E-state index in [2.05, 4.69) is 49.2 Å². The molecule has 0 radical (unpaired) electrons. The summed E-state index contributed by atoms with van der Waals surface area (Å²) in [5.74, 6) is 0. The Morgan fingerprint density at radius 3 is 2.68 bits per heavy atom. The van der Waals surface area contributed by atoms with E-state index < -0.39 is 0 Å². The van der Waals surface area contributed by atoms with Crippen LogP contribution in [0.4, 0.5) is 0 Å². The van der Waals surface area contributed by atoms with Gasteiger partial charge in [0, 0.05) is 25.1 Å². The predicted octanol–water partition coefficient (Wildman–Crippen LogP) is 3.74. The molecule has 2 heterocycles. The number of nitrogens with zero attached hydrogens (tertiary/aromatic N) is 2. The van der Waals surface area contributed by atoms with Crippen molar-refractivity contribution in [2.24, 2.45) is 7.05 Å². The maximum Gasteiger partial charge on any atom is 0.173 e. The Balaban J connectivity index is 2.29. The summed E-state index contributed by atoms with van der Waals surface area (Å²) in [6.07, 6.45) is 2.55. The molecule has 6 heteroatoms. The molecule has 0 aliphatic carbocycles. The molecule has 4 nitrogen and oxygen atoms in total. The molecule has 2 aromatic heterocycles. The lowest BCUT2D eigenvalue weighted by molar-refractivity contribution is 0.497. The summed E-state index contributed by atoms with van der Waals surface area (Å²) in [6.45, 7) is 5.00. The lowest BCUT2D eigenvalue weighted by Gasteiger charge is -2.17. The van der Waals surface area contributed by atoms with E-state index in [0.29, 0.717) is 0 Å². The second kappa shape index (κ2) is 6.24. The van der Waals surface area contributed by atoms with Gasteiger partial charge in [-0.3, -0.25) is 4.68 Å². The third-order valence-corrected chi connectivity index (χ3v) is 4.81. The highest BCUT2D eigenvalue weighted by Crippen LogP contribution is 2.30. The fraction of sp³-hybridized carbons (Fsp3) is 0.462. The van der Waals surface area contributed by atoms with Gasteiger partial charge in [0.1, 0.15) is 0 Å². The van der Waals surface area contributed by atoms with Crippen molar-refractivity contribution in [1.29, 1.82) is 0 Å². The highest BCUT2D eigenvalue weighted by molar-refractivity contribution is 9.10. The van der Waals surface area contributed by atoms with Crippen LogP contribution in [0.15, 0.2) is 25.9 Å². The lowest BCUT2D eigenvalue weighted by atomic mass is 10.0. The summed E-state index contributed by atoms with van der Waals surface area (Å²) in [7, 11) is 1.97. The summed E-state index contributed by atoms with van der Waals surface area (Å²) < 4.78 is 9.13. The Morgan fingerprint density at radius 1 is 1.47 bits per heavy atom. The number of aryl methyl sites for hydroxylation is 2. The number of hydrogen-bond acceptors (Lipinski definition) is 3. The van der Waals surface area contributed by atoms with Crippen LogP contribution >= 0.6 is 31.9 Å². The second-order valence-electron chi connectivity index (χ2n) is 4.43. The Kier molecular flexibility index (Phi) is 4.86. The van der Waals surface area contributed by atoms with Crippen molar-refractivity contribution >= 4 is 31.9 Å². The Hall–Kier alpha value is -0.590. The SMILES string of the molecule is CCNC(Cc1c(Br)c(C)nn1C)c1ccoc1Br. The molecule has 0 bridgehead atoms. The first-order valence-corrected chi connectivity index (χ1v) is 7.77. The standard InChI is InChI=1S/C13H17Br2N3O/c1-4-16-10(9-5-6-19-13(9)15)7-11-12(14)8(2)17-18(11)3/h5-6,10,16H,4,7H2,1-3H3. The van der Waals surface area contributed by atoms with Gasteiger partial charge in [-0.15, -0.1) is 0 Å². The number of nitrogens with one attached hydrogen (secondary N) is 1. The van der Waals surface area contributed by atoms with Crippen molar-refractivity contribution in [3.05, 3.63) is 38.4 Å². The highest BCUT2D eigenvalue weighted by Gasteiger charge is 2.20. The first-order valence-electron chi connectivity index (χ1n) is 6.18. The molecule has 1 N–H and O–H groups in total. The molecule has 2 rings (SSSR count). The maximum atomic E-state index is 5.34. The zero-order chi connectivity index (χ0) is 14.0. The molecule has 104 valence electrons. The molecule has 0 aromatic carbocycles. The zero-order valence-electron chi connectivity index (χ0n) is 11.2. The normalized spacial score (nSPS) is 12.9. The fourth-order valence-electron chi connectivity index (χ4n) is 2.19. The van der Waals surface area contributed by atoms with Crippen molar-refractivity contribution in [3.63, 3.8) is 0 Å². The van der Waals surface area contributed by atoms with E-state index >= 15 is 0 Å². The van der Waals surface area contributed by atoms with Gasteiger partial charge in [0.25, 0.3) is 0 Å². The fourth-order valence-corrected chi connectivity index (χ4v) is 3.20. The molecule has 0 fully saturated rings. The van der Waals surface area contributed by atoms with E-state index in [4.69, 9.17) is 4.42 Å². The predicted molar refractivity (Wildman–Crippen MR) is 82.2 cm³/mol. The highest BCUT2D eigenvalue weighted by atomic mass is 79.9. The molecule has 0 aliphatic heterocycles. The third-order valence-electron chi connectivity index (χ3n) is 3.13. The van der Waals surface area contributed by atoms with Gasteiger partial charge >= 0.3 is 0 Å². The summed E-state index contributed by atoms with van der Waals surface area (Å²) in [5, 5.41) is 7.92. The summed E-state index contributed by atoms with van der Waals surface area (Å²) in [4.78, 5) is 0. The van der Waals surface area contributed by atoms with Crippen LogP contribution in [0.5, 0.6) is 0 Å². The summed E-state index contributed by atoms with van der Waals surface area (Å²) >= 11 is 7.07.